The molecule has 0 bridgehead atoms. The monoisotopic (exact) mass is 216 g/mol. The average molecular weight is 217 g/mol. The van der Waals surface area contributed by atoms with Gasteiger partial charge in [0.25, 0.3) is 0 Å². The molecule has 4 heteroatoms. The second-order valence-electron chi connectivity index (χ2n) is 2.23. The van der Waals surface area contributed by atoms with Crippen LogP contribution in [0.3, 0.4) is 0 Å². The third-order valence-corrected chi connectivity index (χ3v) is 2.16. The molecule has 1 aromatic rings. The fraction of sp³-hybridized carbons (Fsp3) is 0.143. The highest BCUT2D eigenvalue weighted by Gasteiger charge is 2.01. The van der Waals surface area contributed by atoms with E-state index in [1.165, 1.54) is 0 Å². The summed E-state index contributed by atoms with van der Waals surface area (Å²) >= 11 is 3.25. The maximum Gasteiger partial charge on any atom is 0.0693 e. The van der Waals surface area contributed by atoms with E-state index < -0.39 is 0 Å². The molecule has 0 heterocycles. The van der Waals surface area contributed by atoms with Crippen LogP contribution in [-0.2, 0) is 6.61 Å². The summed E-state index contributed by atoms with van der Waals surface area (Å²) in [5.41, 5.74) is 12.8. The summed E-state index contributed by atoms with van der Waals surface area (Å²) in [5, 5.41) is 8.81. The van der Waals surface area contributed by atoms with Crippen LogP contribution in [0.5, 0.6) is 0 Å². The third kappa shape index (κ3) is 1.64. The van der Waals surface area contributed by atoms with Crippen molar-refractivity contribution in [2.24, 2.45) is 0 Å². The van der Waals surface area contributed by atoms with Crippen molar-refractivity contribution >= 4 is 27.3 Å². The van der Waals surface area contributed by atoms with Crippen LogP contribution in [-0.4, -0.2) is 5.11 Å². The van der Waals surface area contributed by atoms with Crippen molar-refractivity contribution in [3.8, 4) is 0 Å². The fourth-order valence-corrected chi connectivity index (χ4v) is 1.26. The summed E-state index contributed by atoms with van der Waals surface area (Å²) in [6.07, 6.45) is 0. The fourth-order valence-electron chi connectivity index (χ4n) is 0.774. The Balaban J connectivity index is 3.21. The van der Waals surface area contributed by atoms with Crippen LogP contribution in [0.25, 0.3) is 0 Å². The molecular weight excluding hydrogens is 208 g/mol. The van der Waals surface area contributed by atoms with Gasteiger partial charge in [0.15, 0.2) is 0 Å². The van der Waals surface area contributed by atoms with Crippen molar-refractivity contribution in [3.63, 3.8) is 0 Å². The van der Waals surface area contributed by atoms with Crippen LogP contribution in [0.1, 0.15) is 5.56 Å². The van der Waals surface area contributed by atoms with Crippen LogP contribution >= 0.6 is 15.9 Å². The van der Waals surface area contributed by atoms with Crippen LogP contribution in [0.2, 0.25) is 0 Å². The normalized spacial score (nSPS) is 10.0. The first kappa shape index (κ1) is 8.36. The van der Waals surface area contributed by atoms with Crippen molar-refractivity contribution in [2.75, 3.05) is 11.5 Å². The number of aliphatic hydroxyl groups excluding tert-OH is 1. The summed E-state index contributed by atoms with van der Waals surface area (Å²) in [4.78, 5) is 0. The number of anilines is 2. The predicted octanol–water partition coefficient (Wildman–Crippen LogP) is 1.11. The van der Waals surface area contributed by atoms with E-state index in [4.69, 9.17) is 16.6 Å². The van der Waals surface area contributed by atoms with E-state index in [0.717, 1.165) is 10.0 Å². The Hall–Kier alpha value is -0.740. The van der Waals surface area contributed by atoms with Crippen molar-refractivity contribution in [2.45, 2.75) is 6.61 Å². The number of hydrogen-bond acceptors (Lipinski definition) is 3. The summed E-state index contributed by atoms with van der Waals surface area (Å²) in [6.45, 7) is -0.0366. The van der Waals surface area contributed by atoms with Gasteiger partial charge in [-0.3, -0.25) is 0 Å². The Morgan fingerprint density at radius 2 is 1.82 bits per heavy atom. The highest BCUT2D eigenvalue weighted by molar-refractivity contribution is 9.10. The minimum atomic E-state index is -0.0366. The van der Waals surface area contributed by atoms with E-state index in [0.29, 0.717) is 11.4 Å². The smallest absolute Gasteiger partial charge is 0.0693 e. The number of hydrogen-bond donors (Lipinski definition) is 3. The Morgan fingerprint density at radius 3 is 2.36 bits per heavy atom. The lowest BCUT2D eigenvalue weighted by Gasteiger charge is -2.04. The average Bonchev–Trinajstić information content (AvgIpc) is 1.97. The first-order chi connectivity index (χ1) is 5.15. The van der Waals surface area contributed by atoms with Gasteiger partial charge in [-0.05, 0) is 17.7 Å². The van der Waals surface area contributed by atoms with Gasteiger partial charge in [0.1, 0.15) is 0 Å². The zero-order valence-corrected chi connectivity index (χ0v) is 7.43. The maximum atomic E-state index is 8.81. The largest absolute Gasteiger partial charge is 0.397 e. The zero-order valence-electron chi connectivity index (χ0n) is 5.84. The highest BCUT2D eigenvalue weighted by Crippen LogP contribution is 2.25. The van der Waals surface area contributed by atoms with Crippen LogP contribution < -0.4 is 11.5 Å². The lowest BCUT2D eigenvalue weighted by molar-refractivity contribution is 0.281. The second kappa shape index (κ2) is 3.11. The molecule has 0 fully saturated rings. The van der Waals surface area contributed by atoms with E-state index in [-0.39, 0.29) is 6.61 Å². The number of benzene rings is 1. The van der Waals surface area contributed by atoms with Gasteiger partial charge in [0.2, 0.25) is 0 Å². The molecule has 0 saturated heterocycles. The van der Waals surface area contributed by atoms with E-state index in [2.05, 4.69) is 15.9 Å². The molecule has 0 unspecified atom stereocenters. The maximum absolute atomic E-state index is 8.81. The zero-order chi connectivity index (χ0) is 8.43. The number of rotatable bonds is 1. The Morgan fingerprint density at radius 1 is 1.27 bits per heavy atom. The summed E-state index contributed by atoms with van der Waals surface area (Å²) in [6, 6.07) is 3.33. The molecule has 1 rings (SSSR count). The molecule has 0 aromatic heterocycles. The number of aliphatic hydroxyl groups is 1. The van der Waals surface area contributed by atoms with Crippen molar-refractivity contribution in [1.29, 1.82) is 0 Å². The summed E-state index contributed by atoms with van der Waals surface area (Å²) in [7, 11) is 0. The lowest BCUT2D eigenvalue weighted by atomic mass is 10.2. The molecule has 5 N–H and O–H groups in total. The third-order valence-electron chi connectivity index (χ3n) is 1.42. The van der Waals surface area contributed by atoms with Gasteiger partial charge in [-0.25, -0.2) is 0 Å². The SMILES string of the molecule is Nc1cc(Br)c(CO)cc1N. The van der Waals surface area contributed by atoms with Crippen molar-refractivity contribution < 1.29 is 5.11 Å². The van der Waals surface area contributed by atoms with Gasteiger partial charge >= 0.3 is 0 Å². The second-order valence-corrected chi connectivity index (χ2v) is 3.08. The molecule has 0 aliphatic rings. The molecule has 11 heavy (non-hydrogen) atoms. The quantitative estimate of drug-likeness (QED) is 0.617. The first-order valence-electron chi connectivity index (χ1n) is 3.09. The highest BCUT2D eigenvalue weighted by atomic mass is 79.9. The van der Waals surface area contributed by atoms with E-state index in [1.54, 1.807) is 12.1 Å². The van der Waals surface area contributed by atoms with Gasteiger partial charge < -0.3 is 16.6 Å². The molecule has 0 amide bonds. The molecule has 0 aliphatic carbocycles. The van der Waals surface area contributed by atoms with Crippen molar-refractivity contribution in [3.05, 3.63) is 22.2 Å². The molecular formula is C7H9BrN2O. The Bertz CT molecular complexity index is 275. The topological polar surface area (TPSA) is 72.3 Å². The van der Waals surface area contributed by atoms with E-state index in [1.807, 2.05) is 0 Å². The summed E-state index contributed by atoms with van der Waals surface area (Å²) < 4.78 is 0.784. The molecule has 0 radical (unpaired) electrons. The molecule has 1 aromatic carbocycles. The van der Waals surface area contributed by atoms with E-state index >= 15 is 0 Å². The van der Waals surface area contributed by atoms with Gasteiger partial charge in [-0.1, -0.05) is 15.9 Å². The molecule has 60 valence electrons. The molecule has 3 nitrogen and oxygen atoms in total. The first-order valence-corrected chi connectivity index (χ1v) is 3.88. The standard InChI is InChI=1S/C7H9BrN2O/c8-5-2-7(10)6(9)1-4(5)3-11/h1-2,11H,3,9-10H2. The van der Waals surface area contributed by atoms with Gasteiger partial charge in [0.05, 0.1) is 18.0 Å². The molecule has 0 spiro atoms. The van der Waals surface area contributed by atoms with Crippen LogP contribution in [0.15, 0.2) is 16.6 Å². The number of nitrogens with two attached hydrogens (primary N) is 2. The Labute approximate surface area is 73.1 Å². The minimum absolute atomic E-state index is 0.0366. The van der Waals surface area contributed by atoms with E-state index in [9.17, 15) is 0 Å². The molecule has 0 saturated carbocycles. The number of halogens is 1. The molecule has 0 atom stereocenters. The summed E-state index contributed by atoms with van der Waals surface area (Å²) in [5.74, 6) is 0. The van der Waals surface area contributed by atoms with Crippen LogP contribution in [0.4, 0.5) is 11.4 Å². The van der Waals surface area contributed by atoms with Crippen LogP contribution in [0, 0.1) is 0 Å². The Kier molecular flexibility index (Phi) is 2.36. The van der Waals surface area contributed by atoms with Gasteiger partial charge in [0, 0.05) is 4.47 Å². The predicted molar refractivity (Wildman–Crippen MR) is 48.9 cm³/mol. The van der Waals surface area contributed by atoms with Gasteiger partial charge in [-0.15, -0.1) is 0 Å². The van der Waals surface area contributed by atoms with Crippen molar-refractivity contribution in [1.82, 2.24) is 0 Å². The lowest BCUT2D eigenvalue weighted by Crippen LogP contribution is -1.97. The molecule has 0 aliphatic heterocycles. The number of nitrogen functional groups attached to an aromatic ring is 2. The minimum Gasteiger partial charge on any atom is -0.397 e. The van der Waals surface area contributed by atoms with Gasteiger partial charge in [-0.2, -0.15) is 0 Å².